The summed E-state index contributed by atoms with van der Waals surface area (Å²) >= 11 is 0. The van der Waals surface area contributed by atoms with Crippen molar-refractivity contribution in [2.75, 3.05) is 0 Å². The van der Waals surface area contributed by atoms with Crippen LogP contribution < -0.4 is 0 Å². The van der Waals surface area contributed by atoms with Gasteiger partial charge in [0.2, 0.25) is 0 Å². The third kappa shape index (κ3) is 6.66. The fraction of sp³-hybridized carbons (Fsp3) is 0.100. The van der Waals surface area contributed by atoms with Crippen LogP contribution in [0.1, 0.15) is 33.2 Å². The first-order valence-electron chi connectivity index (χ1n) is 17.1. The molecule has 0 fully saturated rings. The maximum Gasteiger partial charge on any atom is 0.155 e. The van der Waals surface area contributed by atoms with Crippen LogP contribution in [0.15, 0.2) is 126 Å². The summed E-state index contributed by atoms with van der Waals surface area (Å²) in [5, 5.41) is 11.7. The predicted octanol–water partition coefficient (Wildman–Crippen LogP) is 10.6. The maximum absolute atomic E-state index is 10.0. The minimum atomic E-state index is -2.53. The molecule has 0 saturated heterocycles. The number of ketones is 1. The Morgan fingerprint density at radius 3 is 2.31 bits per heavy atom. The average Bonchev–Trinajstić information content (AvgIpc) is 3.45. The van der Waals surface area contributed by atoms with E-state index in [-0.39, 0.29) is 48.3 Å². The summed E-state index contributed by atoms with van der Waals surface area (Å²) in [5.41, 5.74) is 4.92. The summed E-state index contributed by atoms with van der Waals surface area (Å²) in [5.74, 6) is -0.0625. The molecule has 0 aliphatic heterocycles. The van der Waals surface area contributed by atoms with Crippen molar-refractivity contribution in [2.45, 2.75) is 27.6 Å². The number of allylic oxidation sites excluding steroid dienone is 2. The molecule has 0 spiro atoms. The quantitative estimate of drug-likeness (QED) is 0.110. The van der Waals surface area contributed by atoms with Crippen LogP contribution in [-0.2, 0) is 24.9 Å². The van der Waals surface area contributed by atoms with Crippen molar-refractivity contribution < 1.29 is 42.6 Å². The molecule has 7 rings (SSSR count). The standard InChI is InChI=1S/C35H24NO.C5H8O2.Ir/c1-22-17-27-18-25(24-9-4-3-5-10-24)15-16-26(27)19-31(22)32-20-33(36-21-23(32)2)30-13-8-12-29-28-11-6-7-14-34(28)37-35(29)30;1-4(6)3-5(2)7;/h3-12,14-21H,1-2H3;3,6H,1-2H3;/q-1;;/b;4-3-;/i1D3,2D3;;. The molecular formula is C40H32IrNO3-. The van der Waals surface area contributed by atoms with Crippen LogP contribution in [0, 0.1) is 19.8 Å². The van der Waals surface area contributed by atoms with E-state index in [1.807, 2.05) is 78.9 Å². The first kappa shape index (κ1) is 24.5. The smallest absolute Gasteiger partial charge is 0.155 e. The van der Waals surface area contributed by atoms with Gasteiger partial charge in [-0.25, -0.2) is 0 Å². The van der Waals surface area contributed by atoms with Gasteiger partial charge in [0, 0.05) is 46.0 Å². The fourth-order valence-electron chi connectivity index (χ4n) is 5.32. The Labute approximate surface area is 284 Å². The zero-order valence-electron chi connectivity index (χ0n) is 30.5. The molecule has 0 saturated carbocycles. The van der Waals surface area contributed by atoms with Gasteiger partial charge in [-0.3, -0.25) is 4.79 Å². The Bertz CT molecular complexity index is 2410. The van der Waals surface area contributed by atoms with E-state index < -0.39 is 13.7 Å². The number of nitrogens with zero attached hydrogens (tertiary/aromatic N) is 1. The summed E-state index contributed by atoms with van der Waals surface area (Å²) < 4.78 is 56.3. The third-order valence-corrected chi connectivity index (χ3v) is 7.28. The van der Waals surface area contributed by atoms with E-state index in [9.17, 15) is 4.79 Å². The Hall–Kier alpha value is -4.83. The summed E-state index contributed by atoms with van der Waals surface area (Å²) in [6.45, 7) is -2.19. The topological polar surface area (TPSA) is 63.3 Å². The number of hydrogen-bond donors (Lipinski definition) is 1. The number of aromatic nitrogens is 1. The van der Waals surface area contributed by atoms with Crippen molar-refractivity contribution in [3.63, 3.8) is 0 Å². The molecule has 1 radical (unpaired) electrons. The van der Waals surface area contributed by atoms with E-state index in [0.717, 1.165) is 32.7 Å². The number of hydrogen-bond acceptors (Lipinski definition) is 4. The molecule has 0 aliphatic carbocycles. The number of pyridine rings is 1. The van der Waals surface area contributed by atoms with Crippen molar-refractivity contribution in [3.05, 3.63) is 138 Å². The third-order valence-electron chi connectivity index (χ3n) is 7.28. The second-order valence-corrected chi connectivity index (χ2v) is 10.5. The number of aryl methyl sites for hydroxylation is 2. The molecule has 2 aromatic heterocycles. The van der Waals surface area contributed by atoms with E-state index in [1.54, 1.807) is 24.3 Å². The SMILES string of the molecule is CC(=O)/C=C(/C)O.[2H]C([2H])([2H])c1cnc(-c2[c-]ccc3c2oc2ccccc23)cc1-c1cc2ccc(-c3ccccc3)cc2cc1C([2H])([2H])[2H].[Ir]. The zero-order chi connectivity index (χ0) is 35.8. The van der Waals surface area contributed by atoms with Crippen LogP contribution >= 0.6 is 0 Å². The molecule has 4 nitrogen and oxygen atoms in total. The van der Waals surface area contributed by atoms with Crippen molar-refractivity contribution in [3.8, 4) is 33.5 Å². The maximum atomic E-state index is 10.0. The van der Waals surface area contributed by atoms with Crippen molar-refractivity contribution in [1.29, 1.82) is 0 Å². The number of para-hydroxylation sites is 1. The van der Waals surface area contributed by atoms with Gasteiger partial charge in [-0.05, 0) is 95.6 Å². The molecule has 0 bridgehead atoms. The number of furan rings is 1. The van der Waals surface area contributed by atoms with Crippen LogP contribution in [0.5, 0.6) is 0 Å². The molecule has 0 amide bonds. The molecule has 2 heterocycles. The number of benzene rings is 5. The van der Waals surface area contributed by atoms with Crippen molar-refractivity contribution in [1.82, 2.24) is 4.98 Å². The molecule has 5 aromatic carbocycles. The molecule has 0 aliphatic rings. The summed E-state index contributed by atoms with van der Waals surface area (Å²) in [4.78, 5) is 14.5. The van der Waals surface area contributed by atoms with Gasteiger partial charge in [0.15, 0.2) is 5.78 Å². The van der Waals surface area contributed by atoms with Crippen LogP contribution in [-0.4, -0.2) is 15.9 Å². The minimum Gasteiger partial charge on any atom is -0.512 e. The van der Waals surface area contributed by atoms with Crippen LogP contribution in [0.4, 0.5) is 0 Å². The van der Waals surface area contributed by atoms with Gasteiger partial charge in [-0.15, -0.1) is 18.2 Å². The van der Waals surface area contributed by atoms with Gasteiger partial charge in [-0.1, -0.05) is 83.7 Å². The number of carbonyl (C=O) groups excluding carboxylic acids is 1. The average molecular weight is 773 g/mol. The minimum absolute atomic E-state index is 0. The van der Waals surface area contributed by atoms with Crippen LogP contribution in [0.3, 0.4) is 0 Å². The van der Waals surface area contributed by atoms with E-state index in [1.165, 1.54) is 26.1 Å². The zero-order valence-corrected chi connectivity index (χ0v) is 26.9. The Morgan fingerprint density at radius 1 is 0.822 bits per heavy atom. The Kier molecular flexibility index (Phi) is 7.31. The molecule has 5 heteroatoms. The molecular weight excluding hydrogens is 735 g/mol. The fourth-order valence-corrected chi connectivity index (χ4v) is 5.32. The van der Waals surface area contributed by atoms with Gasteiger partial charge >= 0.3 is 0 Å². The number of rotatable bonds is 4. The molecule has 7 aromatic rings. The number of aliphatic hydroxyl groups is 1. The Morgan fingerprint density at radius 2 is 1.58 bits per heavy atom. The van der Waals surface area contributed by atoms with E-state index >= 15 is 0 Å². The van der Waals surface area contributed by atoms with Gasteiger partial charge in [-0.2, -0.15) is 0 Å². The molecule has 0 atom stereocenters. The molecule has 45 heavy (non-hydrogen) atoms. The van der Waals surface area contributed by atoms with Crippen molar-refractivity contribution >= 4 is 38.5 Å². The van der Waals surface area contributed by atoms with Gasteiger partial charge < -0.3 is 14.5 Å². The number of fused-ring (bicyclic) bond motifs is 4. The monoisotopic (exact) mass is 773 g/mol. The molecule has 225 valence electrons. The van der Waals surface area contributed by atoms with Crippen LogP contribution in [0.2, 0.25) is 0 Å². The Balaban J connectivity index is 0.000000574. The number of carbonyl (C=O) groups is 1. The van der Waals surface area contributed by atoms with Crippen LogP contribution in [0.25, 0.3) is 66.2 Å². The first-order valence-corrected chi connectivity index (χ1v) is 14.1. The van der Waals surface area contributed by atoms with E-state index in [2.05, 4.69) is 11.1 Å². The van der Waals surface area contributed by atoms with E-state index in [4.69, 9.17) is 17.7 Å². The second-order valence-electron chi connectivity index (χ2n) is 10.5. The van der Waals surface area contributed by atoms with Gasteiger partial charge in [0.05, 0.1) is 11.3 Å². The van der Waals surface area contributed by atoms with Crippen molar-refractivity contribution in [2.24, 2.45) is 0 Å². The van der Waals surface area contributed by atoms with Gasteiger partial charge in [0.1, 0.15) is 5.58 Å². The van der Waals surface area contributed by atoms with Gasteiger partial charge in [0.25, 0.3) is 0 Å². The predicted molar refractivity (Wildman–Crippen MR) is 181 cm³/mol. The number of aliphatic hydroxyl groups excluding tert-OH is 1. The second kappa shape index (κ2) is 13.4. The first-order chi connectivity index (χ1) is 23.7. The molecule has 1 N–H and O–H groups in total. The summed E-state index contributed by atoms with van der Waals surface area (Å²) in [7, 11) is 0. The normalized spacial score (nSPS) is 13.8. The summed E-state index contributed by atoms with van der Waals surface area (Å²) in [6, 6.07) is 35.4. The van der Waals surface area contributed by atoms with E-state index in [0.29, 0.717) is 28.0 Å². The summed E-state index contributed by atoms with van der Waals surface area (Å²) in [6.07, 6.45) is 2.49. The largest absolute Gasteiger partial charge is 0.512 e. The molecule has 0 unspecified atom stereocenters.